The van der Waals surface area contributed by atoms with Crippen LogP contribution in [0.1, 0.15) is 48.8 Å². The predicted molar refractivity (Wildman–Crippen MR) is 112 cm³/mol. The normalized spacial score (nSPS) is 14.0. The minimum absolute atomic E-state index is 0.141. The molecule has 3 unspecified atom stereocenters. The van der Waals surface area contributed by atoms with Crippen molar-refractivity contribution in [3.8, 4) is 0 Å². The summed E-state index contributed by atoms with van der Waals surface area (Å²) in [5.41, 5.74) is 7.91. The van der Waals surface area contributed by atoms with E-state index in [0.717, 1.165) is 24.1 Å². The minimum atomic E-state index is -1.17. The SMILES string of the molecule is CCCC(NC(=O)C(C(N)=O)C(NCCO)c1cccc(C)n1)c1ccccc1. The number of amides is 2. The number of carbonyl (C=O) groups is 2. The van der Waals surface area contributed by atoms with Gasteiger partial charge in [-0.1, -0.05) is 49.7 Å². The maximum atomic E-state index is 13.2. The van der Waals surface area contributed by atoms with Gasteiger partial charge in [-0.15, -0.1) is 0 Å². The van der Waals surface area contributed by atoms with Crippen molar-refractivity contribution in [1.82, 2.24) is 15.6 Å². The number of benzene rings is 1. The molecule has 1 heterocycles. The van der Waals surface area contributed by atoms with Gasteiger partial charge >= 0.3 is 0 Å². The number of primary amides is 1. The van der Waals surface area contributed by atoms with Gasteiger partial charge in [0.1, 0.15) is 5.92 Å². The van der Waals surface area contributed by atoms with Crippen LogP contribution in [0, 0.1) is 12.8 Å². The second-order valence-corrected chi connectivity index (χ2v) is 7.00. The van der Waals surface area contributed by atoms with E-state index in [0.29, 0.717) is 5.69 Å². The number of hydrogen-bond acceptors (Lipinski definition) is 5. The van der Waals surface area contributed by atoms with Crippen molar-refractivity contribution in [2.24, 2.45) is 11.7 Å². The monoisotopic (exact) mass is 398 g/mol. The summed E-state index contributed by atoms with van der Waals surface area (Å²) in [7, 11) is 0. The highest BCUT2D eigenvalue weighted by molar-refractivity contribution is 6.00. The van der Waals surface area contributed by atoms with Crippen LogP contribution in [-0.2, 0) is 9.59 Å². The standard InChI is InChI=1S/C22H30N4O3/c1-3-8-17(16-10-5-4-6-11-16)26-22(29)19(21(23)28)20(24-13-14-27)18-12-7-9-15(2)25-18/h4-7,9-12,17,19-20,24,27H,3,8,13-14H2,1-2H3,(H2,23,28)(H,26,29). The maximum absolute atomic E-state index is 13.2. The fraction of sp³-hybridized carbons (Fsp3) is 0.409. The Morgan fingerprint density at radius 3 is 2.45 bits per heavy atom. The third-order valence-electron chi connectivity index (χ3n) is 4.72. The molecule has 0 saturated heterocycles. The number of aliphatic hydroxyl groups is 1. The average molecular weight is 399 g/mol. The molecular weight excluding hydrogens is 368 g/mol. The molecule has 1 aromatic carbocycles. The van der Waals surface area contributed by atoms with E-state index >= 15 is 0 Å². The molecule has 0 aliphatic carbocycles. The summed E-state index contributed by atoms with van der Waals surface area (Å²) in [6.45, 7) is 3.93. The van der Waals surface area contributed by atoms with E-state index < -0.39 is 23.8 Å². The van der Waals surface area contributed by atoms with Gasteiger partial charge in [-0.3, -0.25) is 14.6 Å². The molecule has 2 amide bonds. The number of aliphatic hydroxyl groups excluding tert-OH is 1. The maximum Gasteiger partial charge on any atom is 0.235 e. The zero-order valence-electron chi connectivity index (χ0n) is 17.0. The highest BCUT2D eigenvalue weighted by atomic mass is 16.3. The zero-order valence-corrected chi connectivity index (χ0v) is 17.0. The number of rotatable bonds is 11. The lowest BCUT2D eigenvalue weighted by atomic mass is 9.93. The highest BCUT2D eigenvalue weighted by Gasteiger charge is 2.36. The molecule has 7 heteroatoms. The lowest BCUT2D eigenvalue weighted by molar-refractivity contribution is -0.135. The molecule has 0 aliphatic rings. The van der Waals surface area contributed by atoms with Crippen molar-refractivity contribution in [2.45, 2.75) is 38.8 Å². The quantitative estimate of drug-likeness (QED) is 0.430. The van der Waals surface area contributed by atoms with Gasteiger partial charge in [-0.2, -0.15) is 0 Å². The van der Waals surface area contributed by atoms with E-state index in [4.69, 9.17) is 5.73 Å². The first kappa shape index (κ1) is 22.5. The van der Waals surface area contributed by atoms with E-state index in [1.807, 2.05) is 56.3 Å². The smallest absolute Gasteiger partial charge is 0.235 e. The van der Waals surface area contributed by atoms with Crippen LogP contribution in [0.25, 0.3) is 0 Å². The molecule has 0 radical (unpaired) electrons. The Labute approximate surface area is 171 Å². The predicted octanol–water partition coefficient (Wildman–Crippen LogP) is 1.77. The lowest BCUT2D eigenvalue weighted by Crippen LogP contribution is -2.47. The molecule has 2 rings (SSSR count). The third-order valence-corrected chi connectivity index (χ3v) is 4.72. The van der Waals surface area contributed by atoms with Gasteiger partial charge in [-0.25, -0.2) is 0 Å². The molecule has 0 fully saturated rings. The Balaban J connectivity index is 2.32. The molecule has 0 aliphatic heterocycles. The topological polar surface area (TPSA) is 117 Å². The van der Waals surface area contributed by atoms with E-state index in [2.05, 4.69) is 15.6 Å². The fourth-order valence-electron chi connectivity index (χ4n) is 3.35. The molecule has 3 atom stereocenters. The van der Waals surface area contributed by atoms with Crippen LogP contribution < -0.4 is 16.4 Å². The minimum Gasteiger partial charge on any atom is -0.395 e. The van der Waals surface area contributed by atoms with Gasteiger partial charge in [0.2, 0.25) is 11.8 Å². The molecule has 0 spiro atoms. The number of nitrogens with one attached hydrogen (secondary N) is 2. The largest absolute Gasteiger partial charge is 0.395 e. The van der Waals surface area contributed by atoms with Gasteiger partial charge in [0.05, 0.1) is 24.4 Å². The summed E-state index contributed by atoms with van der Waals surface area (Å²) in [6.07, 6.45) is 1.60. The second kappa shape index (κ2) is 11.3. The van der Waals surface area contributed by atoms with Gasteiger partial charge in [0.15, 0.2) is 0 Å². The lowest BCUT2D eigenvalue weighted by Gasteiger charge is -2.27. The van der Waals surface area contributed by atoms with Crippen molar-refractivity contribution in [1.29, 1.82) is 0 Å². The average Bonchev–Trinajstić information content (AvgIpc) is 2.71. The van der Waals surface area contributed by atoms with Crippen LogP contribution in [0.5, 0.6) is 0 Å². The summed E-state index contributed by atoms with van der Waals surface area (Å²) in [6, 6.07) is 14.1. The van der Waals surface area contributed by atoms with E-state index in [-0.39, 0.29) is 19.2 Å². The van der Waals surface area contributed by atoms with Gasteiger partial charge in [0, 0.05) is 12.2 Å². The first-order valence-electron chi connectivity index (χ1n) is 9.90. The van der Waals surface area contributed by atoms with Crippen molar-refractivity contribution in [2.75, 3.05) is 13.2 Å². The number of nitrogens with zero attached hydrogens (tertiary/aromatic N) is 1. The van der Waals surface area contributed by atoms with Crippen LogP contribution >= 0.6 is 0 Å². The van der Waals surface area contributed by atoms with Crippen LogP contribution in [0.3, 0.4) is 0 Å². The first-order valence-corrected chi connectivity index (χ1v) is 9.90. The Bertz CT molecular complexity index is 798. The number of nitrogens with two attached hydrogens (primary N) is 1. The molecule has 29 heavy (non-hydrogen) atoms. The highest BCUT2D eigenvalue weighted by Crippen LogP contribution is 2.24. The third kappa shape index (κ3) is 6.37. The number of pyridine rings is 1. The van der Waals surface area contributed by atoms with Crippen molar-refractivity contribution >= 4 is 11.8 Å². The van der Waals surface area contributed by atoms with Crippen molar-refractivity contribution < 1.29 is 14.7 Å². The molecular formula is C22H30N4O3. The summed E-state index contributed by atoms with van der Waals surface area (Å²) in [5, 5.41) is 15.3. The van der Waals surface area contributed by atoms with Crippen LogP contribution in [0.4, 0.5) is 0 Å². The molecule has 2 aromatic rings. The van der Waals surface area contributed by atoms with Crippen molar-refractivity contribution in [3.63, 3.8) is 0 Å². The molecule has 156 valence electrons. The Kier molecular flexibility index (Phi) is 8.76. The Morgan fingerprint density at radius 2 is 1.86 bits per heavy atom. The Morgan fingerprint density at radius 1 is 1.14 bits per heavy atom. The Hall–Kier alpha value is -2.77. The van der Waals surface area contributed by atoms with E-state index in [9.17, 15) is 14.7 Å². The summed E-state index contributed by atoms with van der Waals surface area (Å²) in [5.74, 6) is -2.37. The molecule has 0 bridgehead atoms. The second-order valence-electron chi connectivity index (χ2n) is 7.00. The van der Waals surface area contributed by atoms with Crippen LogP contribution in [0.2, 0.25) is 0 Å². The summed E-state index contributed by atoms with van der Waals surface area (Å²) in [4.78, 5) is 29.9. The van der Waals surface area contributed by atoms with Crippen LogP contribution in [-0.4, -0.2) is 35.1 Å². The summed E-state index contributed by atoms with van der Waals surface area (Å²) >= 11 is 0. The number of hydrogen-bond donors (Lipinski definition) is 4. The molecule has 5 N–H and O–H groups in total. The fourth-order valence-corrected chi connectivity index (χ4v) is 3.35. The molecule has 1 aromatic heterocycles. The number of carbonyl (C=O) groups excluding carboxylic acids is 2. The van der Waals surface area contributed by atoms with E-state index in [1.165, 1.54) is 0 Å². The molecule has 0 saturated carbocycles. The van der Waals surface area contributed by atoms with Gasteiger partial charge < -0.3 is 21.5 Å². The zero-order chi connectivity index (χ0) is 21.2. The van der Waals surface area contributed by atoms with Gasteiger partial charge in [-0.05, 0) is 31.0 Å². The summed E-state index contributed by atoms with van der Waals surface area (Å²) < 4.78 is 0. The van der Waals surface area contributed by atoms with Crippen molar-refractivity contribution in [3.05, 3.63) is 65.5 Å². The van der Waals surface area contributed by atoms with Crippen LogP contribution in [0.15, 0.2) is 48.5 Å². The first-order chi connectivity index (χ1) is 14.0. The number of aromatic nitrogens is 1. The van der Waals surface area contributed by atoms with Gasteiger partial charge in [0.25, 0.3) is 0 Å². The van der Waals surface area contributed by atoms with E-state index in [1.54, 1.807) is 6.07 Å². The molecule has 7 nitrogen and oxygen atoms in total. The number of aryl methyl sites for hydroxylation is 1.